The van der Waals surface area contributed by atoms with E-state index in [0.29, 0.717) is 10.3 Å². The van der Waals surface area contributed by atoms with Crippen molar-refractivity contribution in [2.75, 3.05) is 5.32 Å². The number of hydrogen-bond acceptors (Lipinski definition) is 4. The summed E-state index contributed by atoms with van der Waals surface area (Å²) in [6.45, 7) is 0. The minimum Gasteiger partial charge on any atom is -0.478 e. The first-order valence-electron chi connectivity index (χ1n) is 5.73. The Kier molecular flexibility index (Phi) is 3.11. The van der Waals surface area contributed by atoms with Gasteiger partial charge in [-0.25, -0.2) is 14.3 Å². The van der Waals surface area contributed by atoms with Crippen molar-refractivity contribution in [3.63, 3.8) is 0 Å². The number of nitrogens with one attached hydrogen (secondary N) is 1. The molecule has 0 amide bonds. The summed E-state index contributed by atoms with van der Waals surface area (Å²) < 4.78 is 2.36. The van der Waals surface area contributed by atoms with Gasteiger partial charge in [-0.3, -0.25) is 0 Å². The van der Waals surface area contributed by atoms with E-state index in [4.69, 9.17) is 5.11 Å². The fraction of sp³-hybridized carbons (Fsp3) is 0. The lowest BCUT2D eigenvalue weighted by atomic mass is 10.2. The fourth-order valence-electron chi connectivity index (χ4n) is 1.83. The van der Waals surface area contributed by atoms with Crippen LogP contribution < -0.4 is 5.32 Å². The Morgan fingerprint density at radius 3 is 2.90 bits per heavy atom. The summed E-state index contributed by atoms with van der Waals surface area (Å²) in [5.74, 6) is -0.318. The fourth-order valence-corrected chi connectivity index (χ4v) is 2.31. The lowest BCUT2D eigenvalue weighted by Crippen LogP contribution is -2.00. The number of aromatic carboxylic acids is 1. The highest BCUT2D eigenvalue weighted by Gasteiger charge is 2.09. The number of anilines is 2. The number of rotatable bonds is 3. The molecule has 6 nitrogen and oxygen atoms in total. The van der Waals surface area contributed by atoms with Crippen LogP contribution in [-0.2, 0) is 0 Å². The smallest absolute Gasteiger partial charge is 0.335 e. The van der Waals surface area contributed by atoms with Gasteiger partial charge in [-0.15, -0.1) is 0 Å². The number of carboxylic acids is 1. The maximum absolute atomic E-state index is 10.9. The van der Waals surface area contributed by atoms with Gasteiger partial charge >= 0.3 is 5.97 Å². The molecule has 0 spiro atoms. The quantitative estimate of drug-likeness (QED) is 0.770. The summed E-state index contributed by atoms with van der Waals surface area (Å²) in [6, 6.07) is 6.61. The van der Waals surface area contributed by atoms with Gasteiger partial charge in [0.2, 0.25) is 0 Å². The van der Waals surface area contributed by atoms with Crippen LogP contribution in [0.15, 0.2) is 47.3 Å². The largest absolute Gasteiger partial charge is 0.478 e. The van der Waals surface area contributed by atoms with Crippen molar-refractivity contribution >= 4 is 38.9 Å². The van der Waals surface area contributed by atoms with Crippen molar-refractivity contribution in [1.29, 1.82) is 0 Å². The van der Waals surface area contributed by atoms with Crippen LogP contribution in [0.5, 0.6) is 0 Å². The minimum atomic E-state index is -0.965. The normalized spacial score (nSPS) is 10.7. The Bertz CT molecular complexity index is 800. The molecule has 7 heteroatoms. The van der Waals surface area contributed by atoms with E-state index < -0.39 is 5.97 Å². The van der Waals surface area contributed by atoms with E-state index in [0.717, 1.165) is 11.2 Å². The molecule has 0 saturated heterocycles. The zero-order valence-electron chi connectivity index (χ0n) is 10.1. The van der Waals surface area contributed by atoms with Gasteiger partial charge < -0.3 is 10.4 Å². The van der Waals surface area contributed by atoms with Gasteiger partial charge in [0.15, 0.2) is 5.82 Å². The number of carboxylic acid groups (broad SMARTS) is 1. The number of aromatic nitrogens is 3. The van der Waals surface area contributed by atoms with Crippen LogP contribution in [0.1, 0.15) is 10.4 Å². The number of carbonyl (C=O) groups is 1. The van der Waals surface area contributed by atoms with Gasteiger partial charge in [-0.05, 0) is 40.2 Å². The summed E-state index contributed by atoms with van der Waals surface area (Å²) >= 11 is 3.35. The van der Waals surface area contributed by atoms with Crippen molar-refractivity contribution in [1.82, 2.24) is 14.6 Å². The minimum absolute atomic E-state index is 0.220. The predicted octanol–water partition coefficient (Wildman–Crippen LogP) is 2.93. The third kappa shape index (κ3) is 2.23. The lowest BCUT2D eigenvalue weighted by molar-refractivity contribution is 0.0697. The summed E-state index contributed by atoms with van der Waals surface area (Å²) in [6.07, 6.45) is 5.08. The highest BCUT2D eigenvalue weighted by atomic mass is 79.9. The first kappa shape index (κ1) is 12.6. The molecule has 0 aliphatic carbocycles. The molecule has 2 N–H and O–H groups in total. The summed E-state index contributed by atoms with van der Waals surface area (Å²) in [5.41, 5.74) is 1.79. The summed E-state index contributed by atoms with van der Waals surface area (Å²) in [7, 11) is 0. The third-order valence-electron chi connectivity index (χ3n) is 2.79. The highest BCUT2D eigenvalue weighted by molar-refractivity contribution is 9.10. The van der Waals surface area contributed by atoms with Gasteiger partial charge in [0, 0.05) is 16.9 Å². The van der Waals surface area contributed by atoms with Crippen LogP contribution in [0.3, 0.4) is 0 Å². The van der Waals surface area contributed by atoms with Gasteiger partial charge in [-0.1, -0.05) is 0 Å². The van der Waals surface area contributed by atoms with E-state index in [1.807, 2.05) is 6.07 Å². The molecular formula is C13H9BrN4O2. The average Bonchev–Trinajstić information content (AvgIpc) is 2.90. The van der Waals surface area contributed by atoms with E-state index in [1.54, 1.807) is 35.2 Å². The number of fused-ring (bicyclic) bond motifs is 1. The van der Waals surface area contributed by atoms with Gasteiger partial charge in [0.25, 0.3) is 0 Å². The first-order valence-corrected chi connectivity index (χ1v) is 6.52. The molecule has 0 unspecified atom stereocenters. The number of hydrogen-bond donors (Lipinski definition) is 2. The molecule has 100 valence electrons. The van der Waals surface area contributed by atoms with Crippen LogP contribution in [0.4, 0.5) is 11.5 Å². The van der Waals surface area contributed by atoms with Crippen LogP contribution >= 0.6 is 15.9 Å². The molecular weight excluding hydrogens is 324 g/mol. The standard InChI is InChI=1S/C13H9BrN4O2/c14-9-7-8(13(19)20)1-2-10(9)17-12-11-3-4-16-18(11)6-5-15-12/h1-7H,(H,15,17)(H,19,20). The molecule has 0 aliphatic heterocycles. The molecule has 0 fully saturated rings. The zero-order valence-corrected chi connectivity index (χ0v) is 11.7. The van der Waals surface area contributed by atoms with Crippen molar-refractivity contribution in [2.24, 2.45) is 0 Å². The van der Waals surface area contributed by atoms with E-state index in [1.165, 1.54) is 6.07 Å². The Morgan fingerprint density at radius 2 is 2.15 bits per heavy atom. The molecule has 0 atom stereocenters. The highest BCUT2D eigenvalue weighted by Crippen LogP contribution is 2.27. The Labute approximate surface area is 122 Å². The third-order valence-corrected chi connectivity index (χ3v) is 3.45. The first-order chi connectivity index (χ1) is 9.65. The van der Waals surface area contributed by atoms with Crippen molar-refractivity contribution < 1.29 is 9.90 Å². The van der Waals surface area contributed by atoms with E-state index >= 15 is 0 Å². The molecule has 3 rings (SSSR count). The van der Waals surface area contributed by atoms with E-state index in [-0.39, 0.29) is 5.56 Å². The number of halogens is 1. The summed E-state index contributed by atoms with van der Waals surface area (Å²) in [4.78, 5) is 15.2. The second kappa shape index (κ2) is 4.93. The Balaban J connectivity index is 1.99. The molecule has 3 aromatic rings. The van der Waals surface area contributed by atoms with Gasteiger partial charge in [0.05, 0.1) is 17.4 Å². The van der Waals surface area contributed by atoms with Crippen molar-refractivity contribution in [2.45, 2.75) is 0 Å². The molecule has 0 aliphatic rings. The van der Waals surface area contributed by atoms with Crippen molar-refractivity contribution in [3.05, 3.63) is 52.9 Å². The number of benzene rings is 1. The van der Waals surface area contributed by atoms with Crippen LogP contribution in [0, 0.1) is 0 Å². The van der Waals surface area contributed by atoms with Crippen LogP contribution in [0.2, 0.25) is 0 Å². The molecule has 2 heterocycles. The van der Waals surface area contributed by atoms with Crippen molar-refractivity contribution in [3.8, 4) is 0 Å². The van der Waals surface area contributed by atoms with Crippen LogP contribution in [0.25, 0.3) is 5.52 Å². The SMILES string of the molecule is O=C(O)c1ccc(Nc2nccn3nccc23)c(Br)c1. The summed E-state index contributed by atoms with van der Waals surface area (Å²) in [5, 5.41) is 16.2. The average molecular weight is 333 g/mol. The molecule has 20 heavy (non-hydrogen) atoms. The Morgan fingerprint density at radius 1 is 1.30 bits per heavy atom. The number of nitrogens with zero attached hydrogens (tertiary/aromatic N) is 3. The maximum Gasteiger partial charge on any atom is 0.335 e. The molecule has 1 aromatic carbocycles. The van der Waals surface area contributed by atoms with Crippen LogP contribution in [-0.4, -0.2) is 25.7 Å². The second-order valence-corrected chi connectivity index (χ2v) is 4.92. The van der Waals surface area contributed by atoms with E-state index in [2.05, 4.69) is 31.3 Å². The second-order valence-electron chi connectivity index (χ2n) is 4.06. The monoisotopic (exact) mass is 332 g/mol. The maximum atomic E-state index is 10.9. The van der Waals surface area contributed by atoms with Gasteiger partial charge in [-0.2, -0.15) is 5.10 Å². The molecule has 0 saturated carbocycles. The molecule has 0 bridgehead atoms. The zero-order chi connectivity index (χ0) is 14.1. The lowest BCUT2D eigenvalue weighted by Gasteiger charge is -2.09. The molecule has 2 aromatic heterocycles. The van der Waals surface area contributed by atoms with E-state index in [9.17, 15) is 4.79 Å². The topological polar surface area (TPSA) is 79.5 Å². The molecule has 0 radical (unpaired) electrons. The predicted molar refractivity (Wildman–Crippen MR) is 77.4 cm³/mol. The van der Waals surface area contributed by atoms with Gasteiger partial charge in [0.1, 0.15) is 5.52 Å². The Hall–Kier alpha value is -2.41.